The van der Waals surface area contributed by atoms with Gasteiger partial charge >= 0.3 is 0 Å². The van der Waals surface area contributed by atoms with E-state index < -0.39 is 12.0 Å². The molecule has 1 amide bonds. The molecule has 0 atom stereocenters. The molecule has 2 aromatic heterocycles. The highest BCUT2D eigenvalue weighted by Gasteiger charge is 2.17. The first-order valence-corrected chi connectivity index (χ1v) is 8.57. The maximum atomic E-state index is 13.7. The van der Waals surface area contributed by atoms with E-state index in [2.05, 4.69) is 25.8 Å². The molecule has 0 bridgehead atoms. The van der Waals surface area contributed by atoms with E-state index >= 15 is 0 Å². The van der Waals surface area contributed by atoms with Crippen LogP contribution in [0.4, 0.5) is 15.0 Å². The van der Waals surface area contributed by atoms with Crippen molar-refractivity contribution in [2.24, 2.45) is 0 Å². The highest BCUT2D eigenvalue weighted by atomic mass is 35.5. The standard InChI is InChI=1S/C18H17ClFN5O2/c19-13-4-2-11(3-5-13)16-15(12-6-9-21-14(20)10-12)17(25-24-16)22-7-1-8-23-18(26)27/h2-6,9-10,23H,1,7-8H2,(H,26,27)(H2,22,24,25)/p-1. The minimum atomic E-state index is -1.31. The average Bonchev–Trinajstić information content (AvgIpc) is 3.05. The molecule has 0 aliphatic rings. The summed E-state index contributed by atoms with van der Waals surface area (Å²) in [6.45, 7) is 0.717. The Labute approximate surface area is 159 Å². The summed E-state index contributed by atoms with van der Waals surface area (Å²) in [5.74, 6) is -0.0705. The molecular weight excluding hydrogens is 373 g/mol. The number of aromatic nitrogens is 3. The predicted molar refractivity (Wildman–Crippen MR) is 98.7 cm³/mol. The quantitative estimate of drug-likeness (QED) is 0.426. The van der Waals surface area contributed by atoms with Crippen LogP contribution >= 0.6 is 11.6 Å². The number of hydrogen-bond acceptors (Lipinski definition) is 5. The van der Waals surface area contributed by atoms with E-state index in [9.17, 15) is 14.3 Å². The highest BCUT2D eigenvalue weighted by molar-refractivity contribution is 6.30. The summed E-state index contributed by atoms with van der Waals surface area (Å²) < 4.78 is 13.7. The van der Waals surface area contributed by atoms with Crippen molar-refractivity contribution in [1.82, 2.24) is 20.5 Å². The van der Waals surface area contributed by atoms with Crippen molar-refractivity contribution in [1.29, 1.82) is 0 Å². The van der Waals surface area contributed by atoms with Crippen LogP contribution < -0.4 is 15.7 Å². The number of benzene rings is 1. The van der Waals surface area contributed by atoms with Crippen LogP contribution in [0.1, 0.15) is 6.42 Å². The average molecular weight is 389 g/mol. The van der Waals surface area contributed by atoms with Crippen LogP contribution in [0.15, 0.2) is 42.6 Å². The molecule has 0 aliphatic heterocycles. The van der Waals surface area contributed by atoms with Gasteiger partial charge in [0.25, 0.3) is 0 Å². The lowest BCUT2D eigenvalue weighted by atomic mass is 10.0. The van der Waals surface area contributed by atoms with Crippen LogP contribution in [0.3, 0.4) is 0 Å². The SMILES string of the molecule is O=C([O-])NCCCNc1n[nH]c(-c2ccc(Cl)cc2)c1-c1ccnc(F)c1. The summed E-state index contributed by atoms with van der Waals surface area (Å²) in [6, 6.07) is 10.2. The first-order valence-electron chi connectivity index (χ1n) is 8.19. The van der Waals surface area contributed by atoms with E-state index in [1.54, 1.807) is 18.2 Å². The molecule has 0 aliphatic carbocycles. The molecule has 0 fully saturated rings. The fourth-order valence-electron chi connectivity index (χ4n) is 2.62. The lowest BCUT2D eigenvalue weighted by molar-refractivity contribution is -0.250. The fraction of sp³-hybridized carbons (Fsp3) is 0.167. The van der Waals surface area contributed by atoms with Crippen molar-refractivity contribution in [3.63, 3.8) is 0 Å². The molecule has 0 unspecified atom stereocenters. The topological polar surface area (TPSA) is 106 Å². The van der Waals surface area contributed by atoms with Gasteiger partial charge in [-0.25, -0.2) is 4.98 Å². The number of nitrogens with one attached hydrogen (secondary N) is 3. The van der Waals surface area contributed by atoms with Crippen LogP contribution in [-0.2, 0) is 0 Å². The number of aromatic amines is 1. The molecular formula is C18H16ClFN5O2-. The van der Waals surface area contributed by atoms with Gasteiger partial charge in [-0.05, 0) is 30.2 Å². The van der Waals surface area contributed by atoms with Crippen molar-refractivity contribution in [3.05, 3.63) is 53.6 Å². The number of carboxylic acid groups (broad SMARTS) is 1. The number of carbonyl (C=O) groups is 1. The minimum absolute atomic E-state index is 0.253. The minimum Gasteiger partial charge on any atom is -0.530 e. The van der Waals surface area contributed by atoms with Gasteiger partial charge in [-0.15, -0.1) is 0 Å². The summed E-state index contributed by atoms with van der Waals surface area (Å²) >= 11 is 5.95. The van der Waals surface area contributed by atoms with Crippen molar-refractivity contribution in [2.45, 2.75) is 6.42 Å². The third kappa shape index (κ3) is 4.73. The van der Waals surface area contributed by atoms with Gasteiger partial charge < -0.3 is 20.5 Å². The first kappa shape index (κ1) is 18.7. The number of amides is 1. The van der Waals surface area contributed by atoms with Crippen molar-refractivity contribution >= 4 is 23.5 Å². The van der Waals surface area contributed by atoms with Crippen molar-refractivity contribution < 1.29 is 14.3 Å². The molecule has 3 aromatic rings. The monoisotopic (exact) mass is 388 g/mol. The summed E-state index contributed by atoms with van der Waals surface area (Å²) in [4.78, 5) is 14.0. The van der Waals surface area contributed by atoms with Gasteiger partial charge in [0.15, 0.2) is 5.82 Å². The summed E-state index contributed by atoms with van der Waals surface area (Å²) in [6.07, 6.45) is 0.603. The van der Waals surface area contributed by atoms with Crippen LogP contribution in [0.2, 0.25) is 5.02 Å². The molecule has 0 saturated heterocycles. The third-order valence-electron chi connectivity index (χ3n) is 3.83. The second-order valence-electron chi connectivity index (χ2n) is 5.69. The van der Waals surface area contributed by atoms with Gasteiger partial charge in [-0.1, -0.05) is 23.7 Å². The lowest BCUT2D eigenvalue weighted by Gasteiger charge is -2.10. The second-order valence-corrected chi connectivity index (χ2v) is 6.13. The van der Waals surface area contributed by atoms with E-state index in [1.165, 1.54) is 12.3 Å². The fourth-order valence-corrected chi connectivity index (χ4v) is 2.75. The zero-order valence-electron chi connectivity index (χ0n) is 14.1. The largest absolute Gasteiger partial charge is 0.530 e. The smallest absolute Gasteiger partial charge is 0.213 e. The summed E-state index contributed by atoms with van der Waals surface area (Å²) in [5.41, 5.74) is 2.83. The van der Waals surface area contributed by atoms with Gasteiger partial charge in [0.2, 0.25) is 5.95 Å². The molecule has 1 aromatic carbocycles. The molecule has 9 heteroatoms. The Balaban J connectivity index is 1.89. The number of nitrogens with zero attached hydrogens (tertiary/aromatic N) is 2. The Morgan fingerprint density at radius 3 is 2.67 bits per heavy atom. The number of carbonyl (C=O) groups excluding carboxylic acids is 1. The van der Waals surface area contributed by atoms with Gasteiger partial charge in [0.1, 0.15) is 6.09 Å². The number of pyridine rings is 1. The zero-order valence-corrected chi connectivity index (χ0v) is 14.9. The maximum absolute atomic E-state index is 13.7. The van der Waals surface area contributed by atoms with Gasteiger partial charge in [-0.3, -0.25) is 5.10 Å². The number of anilines is 1. The van der Waals surface area contributed by atoms with Crippen molar-refractivity contribution in [3.8, 4) is 22.4 Å². The number of halogens is 2. The third-order valence-corrected chi connectivity index (χ3v) is 4.08. The molecule has 27 heavy (non-hydrogen) atoms. The normalized spacial score (nSPS) is 10.6. The van der Waals surface area contributed by atoms with Crippen LogP contribution in [0.5, 0.6) is 0 Å². The Kier molecular flexibility index (Phi) is 5.87. The molecule has 140 valence electrons. The van der Waals surface area contributed by atoms with Crippen LogP contribution in [-0.4, -0.2) is 34.4 Å². The van der Waals surface area contributed by atoms with Gasteiger partial charge in [-0.2, -0.15) is 9.49 Å². The molecule has 7 nitrogen and oxygen atoms in total. The Hall–Kier alpha value is -3.13. The summed E-state index contributed by atoms with van der Waals surface area (Å²) in [5, 5.41) is 23.6. The molecule has 2 heterocycles. The molecule has 3 rings (SSSR count). The Morgan fingerprint density at radius 2 is 1.96 bits per heavy atom. The molecule has 0 saturated carbocycles. The van der Waals surface area contributed by atoms with E-state index in [4.69, 9.17) is 11.6 Å². The Morgan fingerprint density at radius 1 is 1.19 bits per heavy atom. The van der Waals surface area contributed by atoms with Crippen molar-refractivity contribution in [2.75, 3.05) is 18.4 Å². The molecule has 3 N–H and O–H groups in total. The second kappa shape index (κ2) is 8.50. The summed E-state index contributed by atoms with van der Waals surface area (Å²) in [7, 11) is 0. The number of hydrogen-bond donors (Lipinski definition) is 3. The number of H-pyrrole nitrogens is 1. The van der Waals surface area contributed by atoms with E-state index in [0.717, 1.165) is 5.56 Å². The van der Waals surface area contributed by atoms with Gasteiger partial charge in [0, 0.05) is 35.9 Å². The maximum Gasteiger partial charge on any atom is 0.213 e. The first-order chi connectivity index (χ1) is 13.0. The highest BCUT2D eigenvalue weighted by Crippen LogP contribution is 2.36. The Bertz CT molecular complexity index is 930. The number of rotatable bonds is 7. The van der Waals surface area contributed by atoms with E-state index in [0.29, 0.717) is 40.6 Å². The van der Waals surface area contributed by atoms with E-state index in [-0.39, 0.29) is 6.54 Å². The lowest BCUT2D eigenvalue weighted by Crippen LogP contribution is -2.37. The van der Waals surface area contributed by atoms with Gasteiger partial charge in [0.05, 0.1) is 11.3 Å². The predicted octanol–water partition coefficient (Wildman–Crippen LogP) is 2.67. The zero-order chi connectivity index (χ0) is 19.2. The van der Waals surface area contributed by atoms with Crippen LogP contribution in [0, 0.1) is 5.95 Å². The molecule has 0 radical (unpaired) electrons. The molecule has 0 spiro atoms. The van der Waals surface area contributed by atoms with Crippen LogP contribution in [0.25, 0.3) is 22.4 Å². The van der Waals surface area contributed by atoms with E-state index in [1.807, 2.05) is 12.1 Å².